The lowest BCUT2D eigenvalue weighted by atomic mass is 10.1. The summed E-state index contributed by atoms with van der Waals surface area (Å²) in [6.45, 7) is 0. The van der Waals surface area contributed by atoms with Gasteiger partial charge in [0.05, 0.1) is 17.3 Å². The number of aromatic nitrogens is 2. The maximum atomic E-state index is 6.25. The SMILES string of the molecule is NC1(c2ccnn2C2CCCSC2)CC1. The molecule has 0 spiro atoms. The van der Waals surface area contributed by atoms with Crippen LogP contribution in [0.25, 0.3) is 0 Å². The van der Waals surface area contributed by atoms with Crippen LogP contribution in [0.2, 0.25) is 0 Å². The smallest absolute Gasteiger partial charge is 0.0613 e. The molecule has 1 atom stereocenters. The van der Waals surface area contributed by atoms with Crippen LogP contribution >= 0.6 is 11.8 Å². The van der Waals surface area contributed by atoms with Gasteiger partial charge < -0.3 is 5.73 Å². The van der Waals surface area contributed by atoms with Crippen LogP contribution in [0, 0.1) is 0 Å². The van der Waals surface area contributed by atoms with Crippen LogP contribution in [0.3, 0.4) is 0 Å². The van der Waals surface area contributed by atoms with Gasteiger partial charge in [-0.1, -0.05) is 0 Å². The van der Waals surface area contributed by atoms with Gasteiger partial charge in [0.2, 0.25) is 0 Å². The fraction of sp³-hybridized carbons (Fsp3) is 0.727. The van der Waals surface area contributed by atoms with E-state index in [1.54, 1.807) is 0 Å². The van der Waals surface area contributed by atoms with Gasteiger partial charge in [0.15, 0.2) is 0 Å². The Morgan fingerprint density at radius 2 is 2.40 bits per heavy atom. The molecule has 82 valence electrons. The normalized spacial score (nSPS) is 29.0. The number of nitrogens with two attached hydrogens (primary N) is 1. The van der Waals surface area contributed by atoms with Crippen molar-refractivity contribution in [3.63, 3.8) is 0 Å². The third-order valence-corrected chi connectivity index (χ3v) is 4.65. The molecule has 2 heterocycles. The Hall–Kier alpha value is -0.480. The predicted molar refractivity (Wildman–Crippen MR) is 62.9 cm³/mol. The standard InChI is InChI=1S/C11H17N3S/c12-11(4-5-11)10-3-6-13-14(10)9-2-1-7-15-8-9/h3,6,9H,1-2,4-5,7-8,12H2. The molecule has 3 nitrogen and oxygen atoms in total. The minimum Gasteiger partial charge on any atom is -0.320 e. The highest BCUT2D eigenvalue weighted by atomic mass is 32.2. The quantitative estimate of drug-likeness (QED) is 0.832. The Kier molecular flexibility index (Phi) is 2.29. The van der Waals surface area contributed by atoms with Crippen LogP contribution < -0.4 is 5.73 Å². The maximum absolute atomic E-state index is 6.25. The highest BCUT2D eigenvalue weighted by Crippen LogP contribution is 2.43. The highest BCUT2D eigenvalue weighted by molar-refractivity contribution is 7.99. The van der Waals surface area contributed by atoms with Crippen LogP contribution in [0.4, 0.5) is 0 Å². The van der Waals surface area contributed by atoms with Crippen molar-refractivity contribution in [2.24, 2.45) is 5.73 Å². The van der Waals surface area contributed by atoms with E-state index in [1.165, 1.54) is 30.0 Å². The first-order valence-electron chi connectivity index (χ1n) is 5.70. The lowest BCUT2D eigenvalue weighted by Crippen LogP contribution is -2.27. The molecule has 1 aromatic heterocycles. The number of rotatable bonds is 2. The molecule has 1 aliphatic carbocycles. The summed E-state index contributed by atoms with van der Waals surface area (Å²) < 4.78 is 2.19. The van der Waals surface area contributed by atoms with Crippen LogP contribution in [0.15, 0.2) is 12.3 Å². The Bertz CT molecular complexity index is 350. The van der Waals surface area contributed by atoms with Crippen LogP contribution in [-0.2, 0) is 5.54 Å². The molecule has 2 fully saturated rings. The molecule has 15 heavy (non-hydrogen) atoms. The zero-order chi connectivity index (χ0) is 10.3. The molecule has 0 aromatic carbocycles. The van der Waals surface area contributed by atoms with Gasteiger partial charge in [-0.3, -0.25) is 4.68 Å². The summed E-state index contributed by atoms with van der Waals surface area (Å²) in [5.74, 6) is 2.51. The van der Waals surface area contributed by atoms with Crippen molar-refractivity contribution in [1.29, 1.82) is 0 Å². The van der Waals surface area contributed by atoms with Gasteiger partial charge in [-0.2, -0.15) is 16.9 Å². The minimum absolute atomic E-state index is 0.0430. The molecule has 0 amide bonds. The molecular formula is C11H17N3S. The molecule has 1 aromatic rings. The van der Waals surface area contributed by atoms with E-state index in [4.69, 9.17) is 5.73 Å². The Balaban J connectivity index is 1.87. The van der Waals surface area contributed by atoms with Gasteiger partial charge in [0.1, 0.15) is 0 Å². The van der Waals surface area contributed by atoms with Crippen molar-refractivity contribution in [1.82, 2.24) is 9.78 Å². The zero-order valence-electron chi connectivity index (χ0n) is 8.85. The zero-order valence-corrected chi connectivity index (χ0v) is 9.67. The van der Waals surface area contributed by atoms with E-state index in [0.717, 1.165) is 12.8 Å². The lowest BCUT2D eigenvalue weighted by molar-refractivity contribution is 0.423. The molecule has 0 bridgehead atoms. The van der Waals surface area contributed by atoms with Crippen molar-refractivity contribution in [3.05, 3.63) is 18.0 Å². The van der Waals surface area contributed by atoms with Gasteiger partial charge in [-0.25, -0.2) is 0 Å². The first-order chi connectivity index (χ1) is 7.30. The average Bonchev–Trinajstić information content (AvgIpc) is 2.85. The maximum Gasteiger partial charge on any atom is 0.0613 e. The first-order valence-corrected chi connectivity index (χ1v) is 6.86. The number of nitrogens with zero attached hydrogens (tertiary/aromatic N) is 2. The summed E-state index contributed by atoms with van der Waals surface area (Å²) in [5.41, 5.74) is 7.47. The second kappa shape index (κ2) is 3.52. The van der Waals surface area contributed by atoms with Gasteiger partial charge >= 0.3 is 0 Å². The number of hydrogen-bond acceptors (Lipinski definition) is 3. The first kappa shape index (κ1) is 9.73. The van der Waals surface area contributed by atoms with Crippen molar-refractivity contribution in [3.8, 4) is 0 Å². The van der Waals surface area contributed by atoms with E-state index in [0.29, 0.717) is 6.04 Å². The van der Waals surface area contributed by atoms with Crippen LogP contribution in [0.5, 0.6) is 0 Å². The minimum atomic E-state index is -0.0430. The van der Waals surface area contributed by atoms with Crippen molar-refractivity contribution in [2.45, 2.75) is 37.3 Å². The number of thioether (sulfide) groups is 1. The summed E-state index contributed by atoms with van der Waals surface area (Å²) >= 11 is 2.04. The van der Waals surface area contributed by atoms with Gasteiger partial charge in [0.25, 0.3) is 0 Å². The molecule has 1 aliphatic heterocycles. The van der Waals surface area contributed by atoms with Crippen LogP contribution in [0.1, 0.15) is 37.4 Å². The average molecular weight is 223 g/mol. The third-order valence-electron chi connectivity index (χ3n) is 3.45. The molecule has 2 N–H and O–H groups in total. The Morgan fingerprint density at radius 1 is 1.53 bits per heavy atom. The van der Waals surface area contributed by atoms with Gasteiger partial charge in [-0.15, -0.1) is 0 Å². The van der Waals surface area contributed by atoms with E-state index >= 15 is 0 Å². The van der Waals surface area contributed by atoms with Crippen LogP contribution in [-0.4, -0.2) is 21.3 Å². The molecule has 1 saturated heterocycles. The Labute approximate surface area is 94.4 Å². The molecule has 1 unspecified atom stereocenters. The fourth-order valence-corrected chi connectivity index (χ4v) is 3.42. The summed E-state index contributed by atoms with van der Waals surface area (Å²) in [5, 5.41) is 4.47. The van der Waals surface area contributed by atoms with Crippen molar-refractivity contribution in [2.75, 3.05) is 11.5 Å². The monoisotopic (exact) mass is 223 g/mol. The largest absolute Gasteiger partial charge is 0.320 e. The van der Waals surface area contributed by atoms with E-state index < -0.39 is 0 Å². The lowest BCUT2D eigenvalue weighted by Gasteiger charge is -2.25. The second-order valence-corrected chi connectivity index (χ2v) is 5.84. The summed E-state index contributed by atoms with van der Waals surface area (Å²) in [7, 11) is 0. The molecule has 3 rings (SSSR count). The molecule has 1 saturated carbocycles. The van der Waals surface area contributed by atoms with Crippen molar-refractivity contribution < 1.29 is 0 Å². The van der Waals surface area contributed by atoms with Crippen molar-refractivity contribution >= 4 is 11.8 Å². The second-order valence-electron chi connectivity index (χ2n) is 4.69. The van der Waals surface area contributed by atoms with Gasteiger partial charge in [-0.05, 0) is 37.5 Å². The molecule has 0 radical (unpaired) electrons. The number of hydrogen-bond donors (Lipinski definition) is 1. The molecule has 2 aliphatic rings. The summed E-state index contributed by atoms with van der Waals surface area (Å²) in [6, 6.07) is 2.68. The topological polar surface area (TPSA) is 43.8 Å². The highest BCUT2D eigenvalue weighted by Gasteiger charge is 2.43. The van der Waals surface area contributed by atoms with E-state index in [9.17, 15) is 0 Å². The molecule has 4 heteroatoms. The van der Waals surface area contributed by atoms with E-state index in [1.807, 2.05) is 18.0 Å². The fourth-order valence-electron chi connectivity index (χ4n) is 2.31. The predicted octanol–water partition coefficient (Wildman–Crippen LogP) is 1.90. The van der Waals surface area contributed by atoms with Gasteiger partial charge in [0, 0.05) is 11.9 Å². The summed E-state index contributed by atoms with van der Waals surface area (Å²) in [6.07, 6.45) is 6.72. The Morgan fingerprint density at radius 3 is 3.07 bits per heavy atom. The van der Waals surface area contributed by atoms with E-state index in [-0.39, 0.29) is 5.54 Å². The third kappa shape index (κ3) is 1.70. The van der Waals surface area contributed by atoms with E-state index in [2.05, 4.69) is 15.8 Å². The molecular weight excluding hydrogens is 206 g/mol. The summed E-state index contributed by atoms with van der Waals surface area (Å²) in [4.78, 5) is 0.